The van der Waals surface area contributed by atoms with Gasteiger partial charge in [0.2, 0.25) is 11.5 Å². The van der Waals surface area contributed by atoms with Crippen LogP contribution in [0.25, 0.3) is 5.52 Å². The van der Waals surface area contributed by atoms with Gasteiger partial charge in [-0.1, -0.05) is 39.0 Å². The number of carbonyl (C=O) groups excluding carboxylic acids is 2. The molecule has 0 aromatic carbocycles. The van der Waals surface area contributed by atoms with E-state index >= 15 is 0 Å². The molecule has 13 nitrogen and oxygen atoms in total. The second kappa shape index (κ2) is 15.5. The Balaban J connectivity index is 1.34. The lowest BCUT2D eigenvalue weighted by molar-refractivity contribution is -0.153. The van der Waals surface area contributed by atoms with E-state index in [0.717, 1.165) is 64.2 Å². The maximum Gasteiger partial charge on any atom is 0.323 e. The molecule has 236 valence electrons. The summed E-state index contributed by atoms with van der Waals surface area (Å²) in [6, 6.07) is 4.64. The zero-order chi connectivity index (χ0) is 30.8. The number of hydrogen-bond donors (Lipinski definition) is 4. The lowest BCUT2D eigenvalue weighted by atomic mass is 9.96. The van der Waals surface area contributed by atoms with Crippen molar-refractivity contribution in [2.45, 2.75) is 121 Å². The number of nitrogens with one attached hydrogen (secondary N) is 2. The van der Waals surface area contributed by atoms with Crippen molar-refractivity contribution >= 4 is 23.2 Å². The lowest BCUT2D eigenvalue weighted by Crippen LogP contribution is -2.47. The third-order valence-corrected chi connectivity index (χ3v) is 8.17. The second-order valence-electron chi connectivity index (χ2n) is 11.5. The standard InChI is InChI=1S/C30H44N6O7/c1-3-4-5-6-10-13-24(37)35-28-23-15-14-22(36(23)34-18-32-28)26-25(38)27(39)30(16-31,43-26)17-41-19-33-20(2)29(40)42-21-11-8-7-9-12-21/h14-15,18,20-21,25-27,33,38-39H,3-13,17,19H2,1-2H3,(H,32,34,35,37)/t20-,25-,26-,27-,30+/m0/s1. The summed E-state index contributed by atoms with van der Waals surface area (Å²) in [4.78, 5) is 29.1. The quantitative estimate of drug-likeness (QED) is 0.134. The number of ether oxygens (including phenoxy) is 3. The molecule has 43 heavy (non-hydrogen) atoms. The van der Waals surface area contributed by atoms with E-state index in [0.29, 0.717) is 23.4 Å². The molecule has 13 heteroatoms. The van der Waals surface area contributed by atoms with Gasteiger partial charge in [-0.05, 0) is 51.2 Å². The molecule has 2 aliphatic rings. The number of aliphatic hydroxyl groups excluding tert-OH is 2. The summed E-state index contributed by atoms with van der Waals surface area (Å²) >= 11 is 0. The van der Waals surface area contributed by atoms with Crippen LogP contribution < -0.4 is 10.6 Å². The number of fused-ring (bicyclic) bond motifs is 1. The molecule has 1 saturated heterocycles. The molecule has 5 atom stereocenters. The van der Waals surface area contributed by atoms with Gasteiger partial charge in [-0.2, -0.15) is 10.4 Å². The molecular weight excluding hydrogens is 556 g/mol. The van der Waals surface area contributed by atoms with Gasteiger partial charge in [0.05, 0.1) is 19.0 Å². The number of unbranched alkanes of at least 4 members (excludes halogenated alkanes) is 4. The average molecular weight is 601 g/mol. The summed E-state index contributed by atoms with van der Waals surface area (Å²) in [5.41, 5.74) is -1.02. The minimum absolute atomic E-state index is 0.0585. The van der Waals surface area contributed by atoms with Crippen molar-refractivity contribution in [1.82, 2.24) is 19.9 Å². The van der Waals surface area contributed by atoms with Gasteiger partial charge in [-0.3, -0.25) is 14.9 Å². The van der Waals surface area contributed by atoms with Crippen LogP contribution in [0, 0.1) is 11.3 Å². The molecule has 1 aliphatic heterocycles. The van der Waals surface area contributed by atoms with Crippen LogP contribution in [0.3, 0.4) is 0 Å². The van der Waals surface area contributed by atoms with E-state index in [-0.39, 0.29) is 31.3 Å². The van der Waals surface area contributed by atoms with Crippen molar-refractivity contribution in [2.75, 3.05) is 18.7 Å². The van der Waals surface area contributed by atoms with Crippen molar-refractivity contribution < 1.29 is 34.0 Å². The molecular formula is C30H44N6O7. The molecule has 1 amide bonds. The summed E-state index contributed by atoms with van der Waals surface area (Å²) in [6.45, 7) is 3.33. The van der Waals surface area contributed by atoms with Gasteiger partial charge in [0.25, 0.3) is 0 Å². The highest BCUT2D eigenvalue weighted by molar-refractivity contribution is 5.93. The first-order valence-electron chi connectivity index (χ1n) is 15.4. The van der Waals surface area contributed by atoms with Gasteiger partial charge >= 0.3 is 5.97 Å². The Morgan fingerprint density at radius 1 is 1.21 bits per heavy atom. The van der Waals surface area contributed by atoms with Crippen LogP contribution in [-0.4, -0.2) is 80.0 Å². The summed E-state index contributed by atoms with van der Waals surface area (Å²) in [5, 5.41) is 41.7. The predicted molar refractivity (Wildman–Crippen MR) is 156 cm³/mol. The van der Waals surface area contributed by atoms with E-state index in [1.54, 1.807) is 19.1 Å². The number of esters is 1. The first-order chi connectivity index (χ1) is 20.8. The molecule has 3 heterocycles. The Morgan fingerprint density at radius 3 is 2.72 bits per heavy atom. The summed E-state index contributed by atoms with van der Waals surface area (Å²) in [6.07, 6.45) is 7.59. The Morgan fingerprint density at radius 2 is 1.98 bits per heavy atom. The largest absolute Gasteiger partial charge is 0.461 e. The fourth-order valence-electron chi connectivity index (χ4n) is 5.56. The zero-order valence-electron chi connectivity index (χ0n) is 25.0. The second-order valence-corrected chi connectivity index (χ2v) is 11.5. The number of anilines is 1. The summed E-state index contributed by atoms with van der Waals surface area (Å²) in [7, 11) is 0. The van der Waals surface area contributed by atoms with E-state index in [1.165, 1.54) is 10.8 Å². The van der Waals surface area contributed by atoms with E-state index < -0.39 is 30.0 Å². The maximum atomic E-state index is 12.5. The molecule has 0 unspecified atom stereocenters. The molecule has 2 aromatic heterocycles. The lowest BCUT2D eigenvalue weighted by Gasteiger charge is -2.25. The predicted octanol–water partition coefficient (Wildman–Crippen LogP) is 2.91. The Bertz CT molecular complexity index is 1260. The normalized spacial score (nSPS) is 25.0. The molecule has 2 fully saturated rings. The molecule has 1 aliphatic carbocycles. The average Bonchev–Trinajstić information content (AvgIpc) is 3.55. The van der Waals surface area contributed by atoms with Gasteiger partial charge < -0.3 is 29.7 Å². The van der Waals surface area contributed by atoms with E-state index in [4.69, 9.17) is 14.2 Å². The smallest absolute Gasteiger partial charge is 0.323 e. The van der Waals surface area contributed by atoms with Gasteiger partial charge in [0.1, 0.15) is 48.4 Å². The van der Waals surface area contributed by atoms with E-state index in [2.05, 4.69) is 27.6 Å². The fourth-order valence-corrected chi connectivity index (χ4v) is 5.56. The molecule has 4 rings (SSSR count). The van der Waals surface area contributed by atoms with Crippen LogP contribution in [0.1, 0.15) is 96.3 Å². The minimum Gasteiger partial charge on any atom is -0.461 e. The van der Waals surface area contributed by atoms with Crippen molar-refractivity contribution in [1.29, 1.82) is 5.26 Å². The van der Waals surface area contributed by atoms with Gasteiger partial charge in [0.15, 0.2) is 5.82 Å². The SMILES string of the molecule is CCCCCCCC(=O)Nc1ncnn2c([C@@H]3O[C@](C#N)(COCN[C@@H](C)C(=O)OC4CCCCC4)[C@@H](O)[C@H]3O)ccc12. The Hall–Kier alpha value is -3.15. The van der Waals surface area contributed by atoms with Gasteiger partial charge in [-0.15, -0.1) is 0 Å². The first kappa shape index (κ1) is 32.8. The van der Waals surface area contributed by atoms with Crippen LogP contribution in [0.2, 0.25) is 0 Å². The first-order valence-corrected chi connectivity index (χ1v) is 15.4. The van der Waals surface area contributed by atoms with Gasteiger partial charge in [0, 0.05) is 6.42 Å². The highest BCUT2D eigenvalue weighted by atomic mass is 16.6. The minimum atomic E-state index is -1.87. The fraction of sp³-hybridized carbons (Fsp3) is 0.700. The van der Waals surface area contributed by atoms with E-state index in [1.807, 2.05) is 6.07 Å². The molecule has 2 aromatic rings. The summed E-state index contributed by atoms with van der Waals surface area (Å²) in [5.74, 6) is -0.217. The van der Waals surface area contributed by atoms with Crippen molar-refractivity contribution in [3.05, 3.63) is 24.2 Å². The third kappa shape index (κ3) is 8.07. The van der Waals surface area contributed by atoms with Crippen LogP contribution in [-0.2, 0) is 23.8 Å². The highest BCUT2D eigenvalue weighted by Gasteiger charge is 2.56. The topological polar surface area (TPSA) is 180 Å². The molecule has 0 spiro atoms. The number of carbonyl (C=O) groups is 2. The van der Waals surface area contributed by atoms with E-state index in [9.17, 15) is 25.1 Å². The highest BCUT2D eigenvalue weighted by Crippen LogP contribution is 2.40. The van der Waals surface area contributed by atoms with Gasteiger partial charge in [-0.25, -0.2) is 9.50 Å². The number of aromatic nitrogens is 3. The third-order valence-electron chi connectivity index (χ3n) is 8.17. The molecule has 0 radical (unpaired) electrons. The Kier molecular flexibility index (Phi) is 11.8. The van der Waals surface area contributed by atoms with Crippen LogP contribution in [0.15, 0.2) is 18.5 Å². The number of nitriles is 1. The van der Waals surface area contributed by atoms with Crippen LogP contribution in [0.5, 0.6) is 0 Å². The zero-order valence-corrected chi connectivity index (χ0v) is 25.0. The monoisotopic (exact) mass is 600 g/mol. The number of rotatable bonds is 15. The molecule has 1 saturated carbocycles. The molecule has 0 bridgehead atoms. The number of nitrogens with zero attached hydrogens (tertiary/aromatic N) is 4. The maximum absolute atomic E-state index is 12.5. The number of amides is 1. The van der Waals surface area contributed by atoms with Crippen LogP contribution >= 0.6 is 0 Å². The number of aliphatic hydroxyl groups is 2. The Labute approximate surface area is 251 Å². The van der Waals surface area contributed by atoms with Crippen molar-refractivity contribution in [3.8, 4) is 6.07 Å². The van der Waals surface area contributed by atoms with Crippen molar-refractivity contribution in [3.63, 3.8) is 0 Å². The molecule has 4 N–H and O–H groups in total. The number of hydrogen-bond acceptors (Lipinski definition) is 11. The van der Waals surface area contributed by atoms with Crippen molar-refractivity contribution in [2.24, 2.45) is 0 Å². The summed E-state index contributed by atoms with van der Waals surface area (Å²) < 4.78 is 18.6. The van der Waals surface area contributed by atoms with Crippen LogP contribution in [0.4, 0.5) is 5.82 Å².